The quantitative estimate of drug-likeness (QED) is 0.374. The first-order valence-electron chi connectivity index (χ1n) is 9.76. The monoisotopic (exact) mass is 558 g/mol. The Morgan fingerprint density at radius 3 is 3.00 bits per heavy atom. The van der Waals surface area contributed by atoms with Crippen LogP contribution in [0.3, 0.4) is 0 Å². The summed E-state index contributed by atoms with van der Waals surface area (Å²) in [5, 5.41) is 3.43. The van der Waals surface area contributed by atoms with Gasteiger partial charge in [0.25, 0.3) is 0 Å². The first-order valence-corrected chi connectivity index (χ1v) is 12.9. The van der Waals surface area contributed by atoms with Crippen LogP contribution in [0.4, 0.5) is 11.8 Å². The summed E-state index contributed by atoms with van der Waals surface area (Å²) in [5.41, 5.74) is 4.82. The van der Waals surface area contributed by atoms with E-state index in [1.54, 1.807) is 6.20 Å². The second-order valence-electron chi connectivity index (χ2n) is 6.94. The number of ether oxygens (including phenoxy) is 1. The number of aromatic nitrogens is 4. The summed E-state index contributed by atoms with van der Waals surface area (Å²) >= 11 is -0.756. The molecule has 0 radical (unpaired) electrons. The molecule has 7 nitrogen and oxygen atoms in total. The molecule has 2 N–H and O–H groups in total. The SMILES string of the molecule is [CH]1=[W]=[C](c2cc(N3CCOCC3)nc(NCCc3cccnc3)n2)c2cc[nH]c21. The summed E-state index contributed by atoms with van der Waals surface area (Å²) in [6.07, 6.45) is 6.60. The van der Waals surface area contributed by atoms with E-state index in [1.807, 2.05) is 18.5 Å². The fourth-order valence-corrected chi connectivity index (χ4v) is 6.96. The molecule has 1 saturated heterocycles. The zero-order valence-electron chi connectivity index (χ0n) is 16.0. The normalized spacial score (nSPS) is 15.6. The molecule has 0 atom stereocenters. The van der Waals surface area contributed by atoms with Gasteiger partial charge in [-0.3, -0.25) is 0 Å². The van der Waals surface area contributed by atoms with Crippen LogP contribution in [0.25, 0.3) is 0 Å². The number of rotatable bonds is 6. The van der Waals surface area contributed by atoms with Gasteiger partial charge in [0, 0.05) is 0 Å². The van der Waals surface area contributed by atoms with Crippen LogP contribution in [0.2, 0.25) is 0 Å². The molecule has 0 aliphatic carbocycles. The third-order valence-electron chi connectivity index (χ3n) is 5.02. The molecular weight excluding hydrogens is 536 g/mol. The average Bonchev–Trinajstić information content (AvgIpc) is 3.39. The van der Waals surface area contributed by atoms with E-state index in [9.17, 15) is 0 Å². The van der Waals surface area contributed by atoms with Crippen molar-refractivity contribution in [3.05, 3.63) is 65.4 Å². The molecule has 148 valence electrons. The molecular formula is C21H22N6OW. The Morgan fingerprint density at radius 2 is 2.14 bits per heavy atom. The van der Waals surface area contributed by atoms with Gasteiger partial charge in [0.05, 0.1) is 0 Å². The second-order valence-corrected chi connectivity index (χ2v) is 10.1. The van der Waals surface area contributed by atoms with Crippen molar-refractivity contribution < 1.29 is 22.4 Å². The number of pyridine rings is 1. The summed E-state index contributed by atoms with van der Waals surface area (Å²) in [4.78, 5) is 19.5. The summed E-state index contributed by atoms with van der Waals surface area (Å²) < 4.78 is 9.31. The van der Waals surface area contributed by atoms with Gasteiger partial charge >= 0.3 is 177 Å². The van der Waals surface area contributed by atoms with Crippen molar-refractivity contribution in [2.24, 2.45) is 0 Å². The fourth-order valence-electron chi connectivity index (χ4n) is 3.51. The minimum atomic E-state index is -0.756. The Kier molecular flexibility index (Phi) is 5.41. The van der Waals surface area contributed by atoms with Crippen molar-refractivity contribution in [1.29, 1.82) is 0 Å². The van der Waals surface area contributed by atoms with Crippen LogP contribution >= 0.6 is 0 Å². The van der Waals surface area contributed by atoms with E-state index < -0.39 is 17.6 Å². The van der Waals surface area contributed by atoms with E-state index in [2.05, 4.69) is 42.8 Å². The van der Waals surface area contributed by atoms with Crippen molar-refractivity contribution in [3.8, 4) is 0 Å². The molecule has 0 bridgehead atoms. The molecule has 0 saturated carbocycles. The van der Waals surface area contributed by atoms with E-state index in [0.29, 0.717) is 5.95 Å². The number of hydrogen-bond acceptors (Lipinski definition) is 6. The van der Waals surface area contributed by atoms with Gasteiger partial charge in [0.1, 0.15) is 0 Å². The maximum atomic E-state index is 5.52. The summed E-state index contributed by atoms with van der Waals surface area (Å²) in [7, 11) is 0. The number of anilines is 2. The number of morpholine rings is 1. The number of aromatic amines is 1. The van der Waals surface area contributed by atoms with E-state index >= 15 is 0 Å². The van der Waals surface area contributed by atoms with Crippen LogP contribution < -0.4 is 10.2 Å². The van der Waals surface area contributed by atoms with Crippen molar-refractivity contribution in [2.75, 3.05) is 43.1 Å². The number of fused-ring (bicyclic) bond motifs is 1. The first-order chi connectivity index (χ1) is 14.4. The van der Waals surface area contributed by atoms with Gasteiger partial charge in [0.2, 0.25) is 0 Å². The molecule has 0 unspecified atom stereocenters. The van der Waals surface area contributed by atoms with Crippen molar-refractivity contribution >= 4 is 20.1 Å². The molecule has 5 heterocycles. The van der Waals surface area contributed by atoms with Crippen LogP contribution in [0.15, 0.2) is 42.9 Å². The Balaban J connectivity index is 1.41. The Morgan fingerprint density at radius 1 is 1.21 bits per heavy atom. The van der Waals surface area contributed by atoms with Gasteiger partial charge in [-0.25, -0.2) is 0 Å². The number of H-pyrrole nitrogens is 1. The van der Waals surface area contributed by atoms with Crippen LogP contribution in [0, 0.1) is 0 Å². The van der Waals surface area contributed by atoms with Gasteiger partial charge in [-0.05, 0) is 0 Å². The van der Waals surface area contributed by atoms with Gasteiger partial charge in [-0.2, -0.15) is 0 Å². The van der Waals surface area contributed by atoms with Crippen molar-refractivity contribution in [2.45, 2.75) is 6.42 Å². The zero-order chi connectivity index (χ0) is 19.5. The summed E-state index contributed by atoms with van der Waals surface area (Å²) in [5.74, 6) is 1.68. The molecule has 8 heteroatoms. The molecule has 0 amide bonds. The third kappa shape index (κ3) is 4.11. The molecule has 3 aromatic rings. The van der Waals surface area contributed by atoms with E-state index in [-0.39, 0.29) is 0 Å². The van der Waals surface area contributed by atoms with Crippen LogP contribution in [-0.4, -0.2) is 61.1 Å². The van der Waals surface area contributed by atoms with Crippen molar-refractivity contribution in [1.82, 2.24) is 19.9 Å². The Bertz CT molecular complexity index is 1070. The summed E-state index contributed by atoms with van der Waals surface area (Å²) in [6, 6.07) is 8.38. The zero-order valence-corrected chi connectivity index (χ0v) is 18.9. The van der Waals surface area contributed by atoms with E-state index in [1.165, 1.54) is 20.7 Å². The minimum absolute atomic E-state index is 0.697. The molecule has 5 rings (SSSR count). The predicted molar refractivity (Wildman–Crippen MR) is 111 cm³/mol. The number of hydrogen-bond donors (Lipinski definition) is 2. The standard InChI is InChI=1S/C21H22N6O.W/c1-16-18(5-8-23-16)13-19-14-20(27-9-11-28-12-10-27)26-21(25-19)24-7-4-17-3-2-6-22-15-17;/h1-3,5-6,8,14-15,23H,4,7,9-12H2,(H,24,25,26);. The Hall–Kier alpha value is -2.50. The molecule has 3 aromatic heterocycles. The van der Waals surface area contributed by atoms with Crippen LogP contribution in [0.5, 0.6) is 0 Å². The molecule has 2 aliphatic rings. The average molecular weight is 558 g/mol. The molecule has 1 fully saturated rings. The van der Waals surface area contributed by atoms with E-state index in [4.69, 9.17) is 14.7 Å². The summed E-state index contributed by atoms with van der Waals surface area (Å²) in [6.45, 7) is 3.98. The predicted octanol–water partition coefficient (Wildman–Crippen LogP) is 1.51. The van der Waals surface area contributed by atoms with Gasteiger partial charge in [-0.1, -0.05) is 0 Å². The molecule has 2 aliphatic heterocycles. The number of nitrogens with one attached hydrogen (secondary N) is 2. The molecule has 0 aromatic carbocycles. The third-order valence-corrected chi connectivity index (χ3v) is 8.68. The fraction of sp³-hybridized carbons (Fsp3) is 0.286. The van der Waals surface area contributed by atoms with Gasteiger partial charge in [0.15, 0.2) is 0 Å². The van der Waals surface area contributed by atoms with Gasteiger partial charge in [-0.15, -0.1) is 0 Å². The van der Waals surface area contributed by atoms with Gasteiger partial charge < -0.3 is 0 Å². The van der Waals surface area contributed by atoms with E-state index in [0.717, 1.165) is 50.8 Å². The first kappa shape index (κ1) is 18.5. The maximum absolute atomic E-state index is 5.52. The van der Waals surface area contributed by atoms with Crippen molar-refractivity contribution in [3.63, 3.8) is 0 Å². The second kappa shape index (κ2) is 8.47. The van der Waals surface area contributed by atoms with Crippen LogP contribution in [0.1, 0.15) is 22.5 Å². The number of nitrogens with zero attached hydrogens (tertiary/aromatic N) is 4. The Labute approximate surface area is 177 Å². The molecule has 29 heavy (non-hydrogen) atoms. The molecule has 0 spiro atoms. The van der Waals surface area contributed by atoms with Crippen LogP contribution in [-0.2, 0) is 28.8 Å². The topological polar surface area (TPSA) is 79.0 Å².